The van der Waals surface area contributed by atoms with Crippen LogP contribution >= 0.6 is 0 Å². The second-order valence-electron chi connectivity index (χ2n) is 6.90. The zero-order valence-electron chi connectivity index (χ0n) is 15.8. The van der Waals surface area contributed by atoms with Crippen LogP contribution < -0.4 is 20.9 Å². The van der Waals surface area contributed by atoms with E-state index in [0.717, 1.165) is 50.5 Å². The lowest BCUT2D eigenvalue weighted by Gasteiger charge is -2.30. The number of nitrogens with zero attached hydrogens (tertiary/aromatic N) is 5. The highest BCUT2D eigenvalue weighted by Crippen LogP contribution is 2.23. The molecule has 4 heterocycles. The molecule has 0 spiro atoms. The van der Waals surface area contributed by atoms with Crippen LogP contribution in [0.15, 0.2) is 24.7 Å². The molecule has 0 unspecified atom stereocenters. The van der Waals surface area contributed by atoms with Crippen LogP contribution in [0.5, 0.6) is 0 Å². The highest BCUT2D eigenvalue weighted by molar-refractivity contribution is 6.00. The van der Waals surface area contributed by atoms with Gasteiger partial charge in [-0.05, 0) is 6.07 Å². The number of piperazine rings is 1. The van der Waals surface area contributed by atoms with Crippen LogP contribution in [0, 0.1) is 0 Å². The lowest BCUT2D eigenvalue weighted by atomic mass is 10.1. The van der Waals surface area contributed by atoms with Gasteiger partial charge in [-0.15, -0.1) is 0 Å². The number of aromatic nitrogens is 3. The fourth-order valence-corrected chi connectivity index (χ4v) is 3.57. The quantitative estimate of drug-likeness (QED) is 0.696. The lowest BCUT2D eigenvalue weighted by molar-refractivity contribution is 0.0988. The normalized spacial score (nSPS) is 17.6. The lowest BCUT2D eigenvalue weighted by Crippen LogP contribution is -2.44. The summed E-state index contributed by atoms with van der Waals surface area (Å²) in [5.74, 6) is 0.712. The van der Waals surface area contributed by atoms with E-state index in [1.165, 1.54) is 0 Å². The summed E-state index contributed by atoms with van der Waals surface area (Å²) in [6.45, 7) is 6.38. The van der Waals surface area contributed by atoms with Crippen LogP contribution in [0.25, 0.3) is 0 Å². The molecule has 9 heteroatoms. The van der Waals surface area contributed by atoms with Crippen molar-refractivity contribution in [2.75, 3.05) is 68.0 Å². The monoisotopic (exact) mass is 383 g/mol. The van der Waals surface area contributed by atoms with E-state index in [1.54, 1.807) is 18.6 Å². The summed E-state index contributed by atoms with van der Waals surface area (Å²) in [7, 11) is 0. The summed E-state index contributed by atoms with van der Waals surface area (Å²) in [6.07, 6.45) is 5.31. The summed E-state index contributed by atoms with van der Waals surface area (Å²) < 4.78 is 5.43. The van der Waals surface area contributed by atoms with Gasteiger partial charge in [-0.3, -0.25) is 9.78 Å². The van der Waals surface area contributed by atoms with E-state index in [4.69, 9.17) is 10.5 Å². The molecule has 0 amide bonds. The molecule has 0 bridgehead atoms. The number of nitrogens with one attached hydrogen (secondary N) is 1. The molecule has 2 aliphatic rings. The van der Waals surface area contributed by atoms with Crippen molar-refractivity contribution < 1.29 is 9.53 Å². The van der Waals surface area contributed by atoms with E-state index in [1.807, 2.05) is 6.07 Å². The van der Waals surface area contributed by atoms with Crippen LogP contribution in [-0.4, -0.2) is 73.2 Å². The Balaban J connectivity index is 1.55. The van der Waals surface area contributed by atoms with E-state index >= 15 is 0 Å². The average Bonchev–Trinajstić information content (AvgIpc) is 2.75. The number of rotatable bonds is 5. The Morgan fingerprint density at radius 2 is 1.93 bits per heavy atom. The number of pyridine rings is 1. The predicted molar refractivity (Wildman–Crippen MR) is 107 cm³/mol. The number of hydrogen-bond donors (Lipinski definition) is 2. The van der Waals surface area contributed by atoms with Crippen molar-refractivity contribution in [1.82, 2.24) is 20.3 Å². The third-order valence-corrected chi connectivity index (χ3v) is 5.07. The molecule has 4 rings (SSSR count). The number of carbonyl (C=O) groups excluding carboxylic acids is 1. The van der Waals surface area contributed by atoms with Crippen molar-refractivity contribution in [3.05, 3.63) is 35.9 Å². The third kappa shape index (κ3) is 4.05. The minimum Gasteiger partial charge on any atom is -0.382 e. The number of anilines is 3. The zero-order chi connectivity index (χ0) is 19.3. The molecule has 2 aromatic rings. The Bertz CT molecular complexity index is 833. The Morgan fingerprint density at radius 3 is 2.71 bits per heavy atom. The molecule has 2 aliphatic heterocycles. The number of nitrogens with two attached hydrogens (primary N) is 1. The van der Waals surface area contributed by atoms with Gasteiger partial charge >= 0.3 is 0 Å². The molecule has 148 valence electrons. The average molecular weight is 383 g/mol. The summed E-state index contributed by atoms with van der Waals surface area (Å²) >= 11 is 0. The van der Waals surface area contributed by atoms with E-state index in [-0.39, 0.29) is 23.7 Å². The molecule has 0 atom stereocenters. The first-order valence-corrected chi connectivity index (χ1v) is 9.59. The van der Waals surface area contributed by atoms with E-state index in [2.05, 4.69) is 30.1 Å². The minimum atomic E-state index is -0.149. The molecular weight excluding hydrogens is 358 g/mol. The van der Waals surface area contributed by atoms with Gasteiger partial charge in [-0.2, -0.15) is 0 Å². The largest absolute Gasteiger partial charge is 0.382 e. The van der Waals surface area contributed by atoms with Crippen LogP contribution in [0.2, 0.25) is 0 Å². The maximum atomic E-state index is 13.0. The topological polar surface area (TPSA) is 109 Å². The zero-order valence-corrected chi connectivity index (χ0v) is 15.8. The Hall–Kier alpha value is -2.78. The van der Waals surface area contributed by atoms with E-state index in [0.29, 0.717) is 19.0 Å². The van der Waals surface area contributed by atoms with Crippen LogP contribution in [-0.2, 0) is 11.2 Å². The van der Waals surface area contributed by atoms with Gasteiger partial charge in [0.15, 0.2) is 17.3 Å². The van der Waals surface area contributed by atoms with Gasteiger partial charge < -0.3 is 25.6 Å². The summed E-state index contributed by atoms with van der Waals surface area (Å²) in [6, 6.07) is 1.94. The van der Waals surface area contributed by atoms with E-state index < -0.39 is 0 Å². The fraction of sp³-hybridized carbons (Fsp3) is 0.474. The van der Waals surface area contributed by atoms with E-state index in [9.17, 15) is 4.79 Å². The number of Topliss-reactive ketones (excluding diaryl/α,β-unsaturated/α-hetero) is 1. The minimum absolute atomic E-state index is 0.149. The molecule has 3 N–H and O–H groups in total. The second kappa shape index (κ2) is 8.49. The standard InChI is InChI=1S/C19H25N7O2/c20-19-18(24-17(13-23-19)26-5-3-21-4-6-26)16(27)11-14-12-22-2-1-15(14)25-7-9-28-10-8-25/h1-2,12-13,21H,3-11H2,(H2,20,23). The smallest absolute Gasteiger partial charge is 0.189 e. The number of carbonyl (C=O) groups is 1. The summed E-state index contributed by atoms with van der Waals surface area (Å²) in [4.78, 5) is 30.3. The first-order chi connectivity index (χ1) is 13.7. The second-order valence-corrected chi connectivity index (χ2v) is 6.90. The summed E-state index contributed by atoms with van der Waals surface area (Å²) in [5.41, 5.74) is 8.09. The van der Waals surface area contributed by atoms with Crippen LogP contribution in [0.1, 0.15) is 16.1 Å². The van der Waals surface area contributed by atoms with Crippen molar-refractivity contribution in [3.8, 4) is 0 Å². The van der Waals surface area contributed by atoms with Gasteiger partial charge in [0.1, 0.15) is 5.82 Å². The highest BCUT2D eigenvalue weighted by Gasteiger charge is 2.21. The molecule has 0 radical (unpaired) electrons. The number of morpholine rings is 1. The Kier molecular flexibility index (Phi) is 5.63. The Morgan fingerprint density at radius 1 is 1.14 bits per heavy atom. The summed E-state index contributed by atoms with van der Waals surface area (Å²) in [5, 5.41) is 3.30. The molecule has 2 saturated heterocycles. The first kappa shape index (κ1) is 18.6. The molecule has 0 aromatic carbocycles. The first-order valence-electron chi connectivity index (χ1n) is 9.59. The van der Waals surface area contributed by atoms with Crippen molar-refractivity contribution in [1.29, 1.82) is 0 Å². The van der Waals surface area contributed by atoms with Crippen LogP contribution in [0.3, 0.4) is 0 Å². The van der Waals surface area contributed by atoms with Gasteiger partial charge in [0.25, 0.3) is 0 Å². The fourth-order valence-electron chi connectivity index (χ4n) is 3.57. The van der Waals surface area contributed by atoms with Gasteiger partial charge in [-0.1, -0.05) is 0 Å². The number of ketones is 1. The van der Waals surface area contributed by atoms with Gasteiger partial charge in [0, 0.05) is 69.3 Å². The SMILES string of the molecule is Nc1ncc(N2CCNCC2)nc1C(=O)Cc1cnccc1N1CCOCC1. The maximum Gasteiger partial charge on any atom is 0.189 e. The van der Waals surface area contributed by atoms with Gasteiger partial charge in [-0.25, -0.2) is 9.97 Å². The molecule has 2 fully saturated rings. The van der Waals surface area contributed by atoms with Crippen molar-refractivity contribution in [2.24, 2.45) is 0 Å². The predicted octanol–water partition coefficient (Wildman–Crippen LogP) is 0.125. The number of nitrogen functional groups attached to an aromatic ring is 1. The molecule has 28 heavy (non-hydrogen) atoms. The molecule has 0 saturated carbocycles. The number of ether oxygens (including phenoxy) is 1. The third-order valence-electron chi connectivity index (χ3n) is 5.07. The molecule has 0 aliphatic carbocycles. The number of hydrogen-bond acceptors (Lipinski definition) is 9. The van der Waals surface area contributed by atoms with Gasteiger partial charge in [0.05, 0.1) is 19.4 Å². The Labute approximate surface area is 163 Å². The van der Waals surface area contributed by atoms with Crippen LogP contribution in [0.4, 0.5) is 17.3 Å². The molecule has 2 aromatic heterocycles. The van der Waals surface area contributed by atoms with Crippen molar-refractivity contribution >= 4 is 23.1 Å². The van der Waals surface area contributed by atoms with Crippen molar-refractivity contribution in [3.63, 3.8) is 0 Å². The maximum absolute atomic E-state index is 13.0. The molecule has 9 nitrogen and oxygen atoms in total. The van der Waals surface area contributed by atoms with Gasteiger partial charge in [0.2, 0.25) is 0 Å². The molecular formula is C19H25N7O2. The van der Waals surface area contributed by atoms with Crippen molar-refractivity contribution in [2.45, 2.75) is 6.42 Å². The highest BCUT2D eigenvalue weighted by atomic mass is 16.5.